The van der Waals surface area contributed by atoms with Crippen molar-refractivity contribution in [1.29, 1.82) is 0 Å². The van der Waals surface area contributed by atoms with E-state index in [0.29, 0.717) is 12.3 Å². The standard InChI is InChI=1S/C19H25NO3/c1-12(2)7-14-11-20-6-5-13-8-18(22-3)19(23-4)9-15(13)16(20)10-17(14)21/h8-9,11-12,16H,5-7,10H2,1-4H3/t16-/m1/s1. The van der Waals surface area contributed by atoms with Gasteiger partial charge >= 0.3 is 0 Å². The fourth-order valence-electron chi connectivity index (χ4n) is 3.61. The zero-order valence-corrected chi connectivity index (χ0v) is 14.4. The Kier molecular flexibility index (Phi) is 4.33. The van der Waals surface area contributed by atoms with Crippen LogP contribution in [0.1, 0.15) is 43.9 Å². The predicted octanol–water partition coefficient (Wildman–Crippen LogP) is 3.51. The molecule has 124 valence electrons. The molecule has 23 heavy (non-hydrogen) atoms. The molecule has 0 unspecified atom stereocenters. The van der Waals surface area contributed by atoms with Crippen LogP contribution in [0, 0.1) is 5.92 Å². The molecule has 0 aromatic heterocycles. The molecule has 4 nitrogen and oxygen atoms in total. The highest BCUT2D eigenvalue weighted by Crippen LogP contribution is 2.42. The molecular formula is C19H25NO3. The van der Waals surface area contributed by atoms with Crippen LogP contribution < -0.4 is 9.47 Å². The minimum absolute atomic E-state index is 0.127. The Morgan fingerprint density at radius 3 is 2.57 bits per heavy atom. The molecule has 0 amide bonds. The molecule has 4 heteroatoms. The molecule has 1 atom stereocenters. The van der Waals surface area contributed by atoms with Crippen molar-refractivity contribution in [1.82, 2.24) is 4.90 Å². The van der Waals surface area contributed by atoms with Crippen LogP contribution in [-0.2, 0) is 11.2 Å². The number of benzene rings is 1. The van der Waals surface area contributed by atoms with Crippen molar-refractivity contribution in [2.75, 3.05) is 20.8 Å². The van der Waals surface area contributed by atoms with Gasteiger partial charge in [-0.1, -0.05) is 13.8 Å². The van der Waals surface area contributed by atoms with Crippen LogP contribution in [0.3, 0.4) is 0 Å². The molecule has 0 saturated heterocycles. The predicted molar refractivity (Wildman–Crippen MR) is 89.9 cm³/mol. The van der Waals surface area contributed by atoms with Gasteiger partial charge in [0, 0.05) is 24.7 Å². The first-order valence-corrected chi connectivity index (χ1v) is 8.28. The van der Waals surface area contributed by atoms with E-state index in [0.717, 1.165) is 36.5 Å². The number of hydrogen-bond acceptors (Lipinski definition) is 4. The number of carbonyl (C=O) groups excluding carboxylic acids is 1. The highest BCUT2D eigenvalue weighted by molar-refractivity contribution is 5.96. The van der Waals surface area contributed by atoms with Crippen molar-refractivity contribution in [3.63, 3.8) is 0 Å². The summed E-state index contributed by atoms with van der Waals surface area (Å²) < 4.78 is 10.8. The number of hydrogen-bond donors (Lipinski definition) is 0. The fraction of sp³-hybridized carbons (Fsp3) is 0.526. The van der Waals surface area contributed by atoms with Crippen molar-refractivity contribution >= 4 is 5.78 Å². The van der Waals surface area contributed by atoms with Crippen LogP contribution >= 0.6 is 0 Å². The molecule has 0 spiro atoms. The highest BCUT2D eigenvalue weighted by atomic mass is 16.5. The van der Waals surface area contributed by atoms with Gasteiger partial charge in [-0.15, -0.1) is 0 Å². The number of allylic oxidation sites excluding steroid dienone is 1. The van der Waals surface area contributed by atoms with E-state index < -0.39 is 0 Å². The summed E-state index contributed by atoms with van der Waals surface area (Å²) in [6.45, 7) is 5.26. The minimum Gasteiger partial charge on any atom is -0.493 e. The summed E-state index contributed by atoms with van der Waals surface area (Å²) in [5, 5.41) is 0. The first-order chi connectivity index (χ1) is 11.0. The summed E-state index contributed by atoms with van der Waals surface area (Å²) >= 11 is 0. The van der Waals surface area contributed by atoms with Gasteiger partial charge < -0.3 is 14.4 Å². The molecule has 0 aliphatic carbocycles. The summed E-state index contributed by atoms with van der Waals surface area (Å²) in [6, 6.07) is 4.23. The molecule has 2 aliphatic heterocycles. The number of carbonyl (C=O) groups is 1. The van der Waals surface area contributed by atoms with E-state index in [1.54, 1.807) is 14.2 Å². The molecule has 0 bridgehead atoms. The van der Waals surface area contributed by atoms with Gasteiger partial charge in [0.25, 0.3) is 0 Å². The Hall–Kier alpha value is -1.97. The first kappa shape index (κ1) is 15.9. The largest absolute Gasteiger partial charge is 0.493 e. The summed E-state index contributed by atoms with van der Waals surface area (Å²) in [7, 11) is 3.31. The molecule has 0 saturated carbocycles. The van der Waals surface area contributed by atoms with Gasteiger partial charge in [-0.25, -0.2) is 0 Å². The number of Topliss-reactive ketones (excluding diaryl/α,β-unsaturated/α-hetero) is 1. The maximum absolute atomic E-state index is 12.5. The van der Waals surface area contributed by atoms with Crippen molar-refractivity contribution in [3.05, 3.63) is 35.0 Å². The molecular weight excluding hydrogens is 290 g/mol. The Morgan fingerprint density at radius 2 is 1.91 bits per heavy atom. The van der Waals surface area contributed by atoms with Gasteiger partial charge in [-0.2, -0.15) is 0 Å². The number of rotatable bonds is 4. The van der Waals surface area contributed by atoms with Crippen molar-refractivity contribution in [3.8, 4) is 11.5 Å². The summed E-state index contributed by atoms with van der Waals surface area (Å²) in [5.41, 5.74) is 3.43. The van der Waals surface area contributed by atoms with Crippen LogP contribution in [0.25, 0.3) is 0 Å². The lowest BCUT2D eigenvalue weighted by atomic mass is 9.84. The maximum Gasteiger partial charge on any atom is 0.162 e. The van der Waals surface area contributed by atoms with Crippen LogP contribution in [0.5, 0.6) is 11.5 Å². The number of ether oxygens (including phenoxy) is 2. The lowest BCUT2D eigenvalue weighted by molar-refractivity contribution is -0.117. The molecule has 0 fully saturated rings. The van der Waals surface area contributed by atoms with E-state index in [1.165, 1.54) is 11.1 Å². The first-order valence-electron chi connectivity index (χ1n) is 8.28. The second-order valence-corrected chi connectivity index (χ2v) is 6.79. The molecule has 0 N–H and O–H groups in total. The molecule has 2 heterocycles. The second-order valence-electron chi connectivity index (χ2n) is 6.79. The van der Waals surface area contributed by atoms with E-state index in [2.05, 4.69) is 31.0 Å². The third-order valence-corrected chi connectivity index (χ3v) is 4.73. The second kappa shape index (κ2) is 6.26. The maximum atomic E-state index is 12.5. The van der Waals surface area contributed by atoms with Gasteiger partial charge in [0.05, 0.1) is 20.3 Å². The number of nitrogens with zero attached hydrogens (tertiary/aromatic N) is 1. The Labute approximate surface area is 138 Å². The van der Waals surface area contributed by atoms with Crippen molar-refractivity contribution in [2.45, 2.75) is 39.2 Å². The number of ketones is 1. The van der Waals surface area contributed by atoms with E-state index in [1.807, 2.05) is 6.07 Å². The molecule has 1 aromatic rings. The number of methoxy groups -OCH3 is 2. The molecule has 0 radical (unpaired) electrons. The van der Waals surface area contributed by atoms with Gasteiger partial charge in [-0.05, 0) is 42.0 Å². The molecule has 1 aromatic carbocycles. The molecule has 3 rings (SSSR count). The Morgan fingerprint density at radius 1 is 1.22 bits per heavy atom. The Bertz CT molecular complexity index is 648. The lowest BCUT2D eigenvalue weighted by Crippen LogP contribution is -2.37. The topological polar surface area (TPSA) is 38.8 Å². The van der Waals surface area contributed by atoms with Gasteiger partial charge in [0.1, 0.15) is 0 Å². The molecule has 2 aliphatic rings. The quantitative estimate of drug-likeness (QED) is 0.852. The van der Waals surface area contributed by atoms with Crippen molar-refractivity contribution in [2.24, 2.45) is 5.92 Å². The highest BCUT2D eigenvalue weighted by Gasteiger charge is 2.33. The average Bonchev–Trinajstić information content (AvgIpc) is 2.53. The van der Waals surface area contributed by atoms with Gasteiger partial charge in [0.2, 0.25) is 0 Å². The van der Waals surface area contributed by atoms with Gasteiger partial charge in [-0.3, -0.25) is 4.79 Å². The minimum atomic E-state index is 0.127. The fourth-order valence-corrected chi connectivity index (χ4v) is 3.61. The monoisotopic (exact) mass is 315 g/mol. The zero-order chi connectivity index (χ0) is 16.6. The van der Waals surface area contributed by atoms with E-state index in [-0.39, 0.29) is 11.8 Å². The van der Waals surface area contributed by atoms with Crippen LogP contribution in [0.15, 0.2) is 23.9 Å². The van der Waals surface area contributed by atoms with E-state index in [4.69, 9.17) is 9.47 Å². The summed E-state index contributed by atoms with van der Waals surface area (Å²) in [4.78, 5) is 14.8. The van der Waals surface area contributed by atoms with Crippen LogP contribution in [-0.4, -0.2) is 31.4 Å². The SMILES string of the molecule is COc1cc2c(cc1OC)[C@H]1CC(=O)C(CC(C)C)=CN1CC2. The smallest absolute Gasteiger partial charge is 0.162 e. The van der Waals surface area contributed by atoms with E-state index in [9.17, 15) is 4.79 Å². The normalized spacial score (nSPS) is 20.0. The Balaban J connectivity index is 1.96. The zero-order valence-electron chi connectivity index (χ0n) is 14.4. The van der Waals surface area contributed by atoms with Crippen molar-refractivity contribution < 1.29 is 14.3 Å². The van der Waals surface area contributed by atoms with Crippen LogP contribution in [0.2, 0.25) is 0 Å². The van der Waals surface area contributed by atoms with Crippen LogP contribution in [0.4, 0.5) is 0 Å². The van der Waals surface area contributed by atoms with Gasteiger partial charge in [0.15, 0.2) is 17.3 Å². The average molecular weight is 315 g/mol. The third kappa shape index (κ3) is 2.94. The third-order valence-electron chi connectivity index (χ3n) is 4.73. The lowest BCUT2D eigenvalue weighted by Gasteiger charge is -2.40. The number of fused-ring (bicyclic) bond motifs is 3. The summed E-state index contributed by atoms with van der Waals surface area (Å²) in [5.74, 6) is 2.28. The van der Waals surface area contributed by atoms with E-state index >= 15 is 0 Å². The summed E-state index contributed by atoms with van der Waals surface area (Å²) in [6.07, 6.45) is 4.48.